The first-order valence-corrected chi connectivity index (χ1v) is 15.1. The smallest absolute Gasteiger partial charge is 0.270 e. The summed E-state index contributed by atoms with van der Waals surface area (Å²) in [6, 6.07) is 12.5. The van der Waals surface area contributed by atoms with Crippen LogP contribution in [0.25, 0.3) is 6.08 Å². The van der Waals surface area contributed by atoms with Gasteiger partial charge in [-0.3, -0.25) is 24.0 Å². The molecule has 2 aliphatic heterocycles. The molecule has 0 saturated carbocycles. The number of thioether (sulfide) groups is 1. The quantitative estimate of drug-likeness (QED) is 0.220. The third kappa shape index (κ3) is 6.66. The minimum absolute atomic E-state index is 0.123. The first-order valence-electron chi connectivity index (χ1n) is 13.9. The molecule has 2 aromatic rings. The van der Waals surface area contributed by atoms with Gasteiger partial charge in [-0.1, -0.05) is 61.2 Å². The second-order valence-electron chi connectivity index (χ2n) is 9.94. The first-order chi connectivity index (χ1) is 19.4. The van der Waals surface area contributed by atoms with Gasteiger partial charge in [0.1, 0.15) is 21.8 Å². The summed E-state index contributed by atoms with van der Waals surface area (Å²) in [5.41, 5.74) is 2.47. The number of nitriles is 1. The van der Waals surface area contributed by atoms with Crippen LogP contribution in [0.5, 0.6) is 0 Å². The van der Waals surface area contributed by atoms with Gasteiger partial charge in [-0.2, -0.15) is 5.26 Å². The normalized spacial score (nSPS) is 17.2. The lowest BCUT2D eigenvalue weighted by Crippen LogP contribution is -2.48. The summed E-state index contributed by atoms with van der Waals surface area (Å²) in [6.07, 6.45) is 3.29. The van der Waals surface area contributed by atoms with Crippen LogP contribution in [0, 0.1) is 18.3 Å². The number of nitrogens with zero attached hydrogens (tertiary/aromatic N) is 5. The van der Waals surface area contributed by atoms with E-state index in [9.17, 15) is 14.9 Å². The molecule has 8 nitrogen and oxygen atoms in total. The van der Waals surface area contributed by atoms with E-state index in [2.05, 4.69) is 40.1 Å². The Hall–Kier alpha value is -2.97. The highest BCUT2D eigenvalue weighted by atomic mass is 32.2. The van der Waals surface area contributed by atoms with Crippen molar-refractivity contribution in [1.82, 2.24) is 14.4 Å². The number of rotatable bonds is 11. The molecule has 0 radical (unpaired) electrons. The van der Waals surface area contributed by atoms with Gasteiger partial charge in [0.05, 0.1) is 4.91 Å². The van der Waals surface area contributed by atoms with Crippen LogP contribution in [-0.4, -0.2) is 70.5 Å². The highest BCUT2D eigenvalue weighted by molar-refractivity contribution is 8.26. The van der Waals surface area contributed by atoms with Crippen molar-refractivity contribution in [3.63, 3.8) is 0 Å². The number of hydrogen-bond donors (Lipinski definition) is 0. The summed E-state index contributed by atoms with van der Waals surface area (Å²) in [5, 5.41) is 9.91. The predicted molar refractivity (Wildman–Crippen MR) is 165 cm³/mol. The Balaban J connectivity index is 1.67. The van der Waals surface area contributed by atoms with E-state index >= 15 is 0 Å². The van der Waals surface area contributed by atoms with Crippen LogP contribution in [0.15, 0.2) is 40.0 Å². The zero-order valence-electron chi connectivity index (χ0n) is 23.5. The SMILES string of the molecule is CCCn1c(N2CCN(Cc3ccccc3)CC2)c(/C=C2\SC(=S)N(CCCOCC)C2=O)c(C)c(C#N)c1=O. The van der Waals surface area contributed by atoms with Gasteiger partial charge in [-0.15, -0.1) is 0 Å². The van der Waals surface area contributed by atoms with E-state index in [1.807, 2.05) is 26.0 Å². The number of benzene rings is 1. The van der Waals surface area contributed by atoms with Crippen LogP contribution >= 0.6 is 24.0 Å². The van der Waals surface area contributed by atoms with Crippen molar-refractivity contribution in [3.8, 4) is 6.07 Å². The minimum Gasteiger partial charge on any atom is -0.382 e. The lowest BCUT2D eigenvalue weighted by Gasteiger charge is -2.38. The molecule has 2 saturated heterocycles. The van der Waals surface area contributed by atoms with E-state index in [4.69, 9.17) is 17.0 Å². The van der Waals surface area contributed by atoms with Crippen molar-refractivity contribution < 1.29 is 9.53 Å². The fraction of sp³-hybridized carbons (Fsp3) is 0.467. The number of hydrogen-bond acceptors (Lipinski definition) is 8. The number of aromatic nitrogens is 1. The molecule has 0 atom stereocenters. The fourth-order valence-electron chi connectivity index (χ4n) is 5.17. The van der Waals surface area contributed by atoms with Crippen molar-refractivity contribution in [3.05, 3.63) is 67.8 Å². The number of thiocarbonyl (C=S) groups is 1. The number of carbonyl (C=O) groups is 1. The predicted octanol–water partition coefficient (Wildman–Crippen LogP) is 4.39. The van der Waals surface area contributed by atoms with E-state index < -0.39 is 0 Å². The van der Waals surface area contributed by atoms with Crippen molar-refractivity contribution in [2.24, 2.45) is 0 Å². The van der Waals surface area contributed by atoms with Crippen LogP contribution in [0.4, 0.5) is 5.82 Å². The van der Waals surface area contributed by atoms with Crippen LogP contribution in [0.3, 0.4) is 0 Å². The standard InChI is InChI=1S/C30H37N5O3S2/c1-4-12-34-27(33-16-14-32(15-17-33)21-23-10-7-6-8-11-23)24(22(3)25(20-31)28(34)36)19-26-29(37)35(30(39)40-26)13-9-18-38-5-2/h6-8,10-11,19H,4-5,9,12-18,21H2,1-3H3/b26-19-. The summed E-state index contributed by atoms with van der Waals surface area (Å²) in [4.78, 5) is 33.7. The summed E-state index contributed by atoms with van der Waals surface area (Å²) in [5.74, 6) is 0.639. The van der Waals surface area contributed by atoms with Crippen molar-refractivity contribution in [1.29, 1.82) is 5.26 Å². The van der Waals surface area contributed by atoms with Gasteiger partial charge >= 0.3 is 0 Å². The van der Waals surface area contributed by atoms with Gasteiger partial charge in [-0.05, 0) is 43.9 Å². The largest absolute Gasteiger partial charge is 0.382 e. The van der Waals surface area contributed by atoms with E-state index in [0.717, 1.165) is 50.5 Å². The van der Waals surface area contributed by atoms with Crippen molar-refractivity contribution >= 4 is 46.1 Å². The van der Waals surface area contributed by atoms with Crippen LogP contribution in [0.2, 0.25) is 0 Å². The Morgan fingerprint density at radius 3 is 2.48 bits per heavy atom. The average molecular weight is 580 g/mol. The Bertz CT molecular complexity index is 1360. The van der Waals surface area contributed by atoms with Gasteiger partial charge < -0.3 is 9.64 Å². The summed E-state index contributed by atoms with van der Waals surface area (Å²) >= 11 is 6.82. The third-order valence-corrected chi connectivity index (χ3v) is 8.62. The van der Waals surface area contributed by atoms with Crippen LogP contribution < -0.4 is 10.5 Å². The van der Waals surface area contributed by atoms with Crippen LogP contribution in [0.1, 0.15) is 48.9 Å². The van der Waals surface area contributed by atoms with Gasteiger partial charge in [0, 0.05) is 64.6 Å². The van der Waals surface area contributed by atoms with E-state index in [1.54, 1.807) is 16.4 Å². The number of anilines is 1. The molecule has 0 spiro atoms. The second kappa shape index (κ2) is 14.1. The lowest BCUT2D eigenvalue weighted by atomic mass is 10.0. The molecule has 1 amide bonds. The molecule has 0 aliphatic carbocycles. The van der Waals surface area contributed by atoms with Gasteiger partial charge in [-0.25, -0.2) is 0 Å². The van der Waals surface area contributed by atoms with E-state index in [-0.39, 0.29) is 17.0 Å². The second-order valence-corrected chi connectivity index (χ2v) is 11.6. The molecule has 0 bridgehead atoms. The number of amides is 1. The maximum Gasteiger partial charge on any atom is 0.270 e. The third-order valence-electron chi connectivity index (χ3n) is 7.24. The zero-order valence-corrected chi connectivity index (χ0v) is 25.2. The van der Waals surface area contributed by atoms with Crippen molar-refractivity contribution in [2.75, 3.05) is 50.8 Å². The number of carbonyl (C=O) groups excluding carboxylic acids is 1. The summed E-state index contributed by atoms with van der Waals surface area (Å²) in [6.45, 7) is 12.0. The molecular weight excluding hydrogens is 542 g/mol. The molecule has 2 fully saturated rings. The molecule has 2 aliphatic rings. The highest BCUT2D eigenvalue weighted by Crippen LogP contribution is 2.36. The van der Waals surface area contributed by atoms with Crippen molar-refractivity contribution in [2.45, 2.75) is 46.7 Å². The average Bonchev–Trinajstić information content (AvgIpc) is 3.22. The topological polar surface area (TPSA) is 81.8 Å². The monoisotopic (exact) mass is 579 g/mol. The number of ether oxygens (including phenoxy) is 1. The highest BCUT2D eigenvalue weighted by Gasteiger charge is 2.33. The van der Waals surface area contributed by atoms with Crippen LogP contribution in [-0.2, 0) is 22.6 Å². The molecule has 212 valence electrons. The Morgan fingerprint density at radius 1 is 1.10 bits per heavy atom. The van der Waals surface area contributed by atoms with E-state index in [1.165, 1.54) is 17.3 Å². The fourth-order valence-corrected chi connectivity index (χ4v) is 6.46. The maximum atomic E-state index is 13.5. The summed E-state index contributed by atoms with van der Waals surface area (Å²) < 4.78 is 7.67. The molecule has 40 heavy (non-hydrogen) atoms. The lowest BCUT2D eigenvalue weighted by molar-refractivity contribution is -0.122. The Kier molecular flexibility index (Phi) is 10.6. The molecule has 10 heteroatoms. The number of piperazine rings is 1. The maximum absolute atomic E-state index is 13.5. The zero-order chi connectivity index (χ0) is 28.6. The minimum atomic E-state index is -0.274. The molecule has 3 heterocycles. The van der Waals surface area contributed by atoms with Gasteiger partial charge in [0.2, 0.25) is 0 Å². The molecule has 1 aromatic carbocycles. The van der Waals surface area contributed by atoms with Gasteiger partial charge in [0.25, 0.3) is 11.5 Å². The molecular formula is C30H37N5O3S2. The van der Waals surface area contributed by atoms with E-state index in [0.29, 0.717) is 47.5 Å². The molecule has 0 N–H and O–H groups in total. The molecule has 0 unspecified atom stereocenters. The molecule has 4 rings (SSSR count). The first kappa shape index (κ1) is 30.0. The van der Waals surface area contributed by atoms with Gasteiger partial charge in [0.15, 0.2) is 0 Å². The summed E-state index contributed by atoms with van der Waals surface area (Å²) in [7, 11) is 0. The number of pyridine rings is 1. The Labute approximate surface area is 246 Å². The Morgan fingerprint density at radius 2 is 1.82 bits per heavy atom. The molecule has 1 aromatic heterocycles.